The Morgan fingerprint density at radius 2 is 2.00 bits per heavy atom. The van der Waals surface area contributed by atoms with Crippen LogP contribution in [0.1, 0.15) is 18.9 Å². The van der Waals surface area contributed by atoms with Gasteiger partial charge in [0.05, 0.1) is 0 Å². The number of alkyl halides is 1. The zero-order chi connectivity index (χ0) is 9.68. The molecule has 0 heterocycles. The van der Waals surface area contributed by atoms with Gasteiger partial charge in [-0.1, -0.05) is 30.3 Å². The molecule has 0 spiro atoms. The lowest BCUT2D eigenvalue weighted by Crippen LogP contribution is -2.11. The van der Waals surface area contributed by atoms with E-state index in [0.717, 1.165) is 5.56 Å². The third kappa shape index (κ3) is 3.36. The smallest absolute Gasteiger partial charge is 0.166 e. The molecule has 1 rings (SSSR count). The quantitative estimate of drug-likeness (QED) is 0.696. The van der Waals surface area contributed by atoms with Gasteiger partial charge >= 0.3 is 0 Å². The van der Waals surface area contributed by atoms with E-state index in [2.05, 4.69) is 0 Å². The Morgan fingerprint density at radius 3 is 2.54 bits per heavy atom. The van der Waals surface area contributed by atoms with Crippen molar-refractivity contribution in [1.82, 2.24) is 0 Å². The van der Waals surface area contributed by atoms with Crippen LogP contribution in [-0.2, 0) is 11.2 Å². The number of halogens is 1. The van der Waals surface area contributed by atoms with Gasteiger partial charge in [-0.3, -0.25) is 4.79 Å². The molecule has 0 saturated heterocycles. The van der Waals surface area contributed by atoms with Gasteiger partial charge in [-0.2, -0.15) is 0 Å². The Balaban J connectivity index is 2.40. The van der Waals surface area contributed by atoms with Crippen LogP contribution in [-0.4, -0.2) is 12.0 Å². The van der Waals surface area contributed by atoms with Gasteiger partial charge in [-0.25, -0.2) is 4.39 Å². The van der Waals surface area contributed by atoms with E-state index in [9.17, 15) is 9.18 Å². The summed E-state index contributed by atoms with van der Waals surface area (Å²) in [6, 6.07) is 9.63. The number of ketones is 1. The fourth-order valence-corrected chi connectivity index (χ4v) is 1.11. The fraction of sp³-hybridized carbons (Fsp3) is 0.364. The number of carbonyl (C=O) groups excluding carboxylic acids is 1. The van der Waals surface area contributed by atoms with E-state index >= 15 is 0 Å². The van der Waals surface area contributed by atoms with Crippen LogP contribution in [0.25, 0.3) is 0 Å². The third-order valence-electron chi connectivity index (χ3n) is 1.95. The maximum atomic E-state index is 12.4. The van der Waals surface area contributed by atoms with Crippen molar-refractivity contribution in [2.24, 2.45) is 0 Å². The van der Waals surface area contributed by atoms with Crippen LogP contribution in [0.5, 0.6) is 0 Å². The van der Waals surface area contributed by atoms with Crippen molar-refractivity contribution in [2.45, 2.75) is 25.9 Å². The van der Waals surface area contributed by atoms with Gasteiger partial charge in [-0.05, 0) is 18.9 Å². The van der Waals surface area contributed by atoms with Crippen molar-refractivity contribution < 1.29 is 9.18 Å². The van der Waals surface area contributed by atoms with Crippen molar-refractivity contribution in [2.75, 3.05) is 0 Å². The fourth-order valence-electron chi connectivity index (χ4n) is 1.11. The number of aryl methyl sites for hydroxylation is 1. The molecule has 1 unspecified atom stereocenters. The van der Waals surface area contributed by atoms with Gasteiger partial charge in [0.15, 0.2) is 12.0 Å². The number of rotatable bonds is 4. The monoisotopic (exact) mass is 180 g/mol. The summed E-state index contributed by atoms with van der Waals surface area (Å²) in [4.78, 5) is 10.9. The van der Waals surface area contributed by atoms with Crippen LogP contribution >= 0.6 is 0 Å². The average molecular weight is 180 g/mol. The van der Waals surface area contributed by atoms with E-state index < -0.39 is 6.17 Å². The van der Waals surface area contributed by atoms with Gasteiger partial charge in [-0.15, -0.1) is 0 Å². The van der Waals surface area contributed by atoms with Gasteiger partial charge in [0.1, 0.15) is 0 Å². The van der Waals surface area contributed by atoms with Crippen LogP contribution in [0.2, 0.25) is 0 Å². The van der Waals surface area contributed by atoms with E-state index in [1.807, 2.05) is 30.3 Å². The zero-order valence-corrected chi connectivity index (χ0v) is 7.66. The molecule has 0 radical (unpaired) electrons. The first-order valence-corrected chi connectivity index (χ1v) is 4.41. The predicted octanol–water partition coefficient (Wildman–Crippen LogP) is 2.55. The lowest BCUT2D eigenvalue weighted by atomic mass is 10.1. The summed E-state index contributed by atoms with van der Waals surface area (Å²) in [6.45, 7) is 1.29. The molecule has 70 valence electrons. The molecule has 0 aliphatic rings. The summed E-state index contributed by atoms with van der Waals surface area (Å²) in [5, 5.41) is 0. The molecule has 0 bridgehead atoms. The third-order valence-corrected chi connectivity index (χ3v) is 1.95. The minimum atomic E-state index is -1.33. The molecule has 1 nitrogen and oxygen atoms in total. The first kappa shape index (κ1) is 9.90. The summed E-state index contributed by atoms with van der Waals surface area (Å²) in [6.07, 6.45) is -0.404. The first-order chi connectivity index (χ1) is 6.20. The van der Waals surface area contributed by atoms with Gasteiger partial charge in [0, 0.05) is 6.42 Å². The molecule has 0 aromatic heterocycles. The first-order valence-electron chi connectivity index (χ1n) is 4.41. The normalized spacial score (nSPS) is 12.5. The summed E-state index contributed by atoms with van der Waals surface area (Å²) in [7, 11) is 0. The Hall–Kier alpha value is -1.18. The Kier molecular flexibility index (Phi) is 3.62. The SMILES string of the molecule is CC(F)C(=O)CCc1ccccc1. The minimum absolute atomic E-state index is 0.293. The maximum Gasteiger partial charge on any atom is 0.166 e. The second-order valence-electron chi connectivity index (χ2n) is 3.07. The maximum absolute atomic E-state index is 12.4. The topological polar surface area (TPSA) is 17.1 Å². The van der Waals surface area contributed by atoms with Crippen LogP contribution in [0.3, 0.4) is 0 Å². The highest BCUT2D eigenvalue weighted by molar-refractivity contribution is 5.82. The van der Waals surface area contributed by atoms with Crippen LogP contribution in [0.4, 0.5) is 4.39 Å². The van der Waals surface area contributed by atoms with E-state index in [4.69, 9.17) is 0 Å². The number of carbonyl (C=O) groups is 1. The molecule has 0 fully saturated rings. The molecular formula is C11H13FO. The van der Waals surface area contributed by atoms with Crippen molar-refractivity contribution in [1.29, 1.82) is 0 Å². The second-order valence-corrected chi connectivity index (χ2v) is 3.07. The molecule has 0 N–H and O–H groups in total. The van der Waals surface area contributed by atoms with E-state index in [1.165, 1.54) is 6.92 Å². The molecule has 0 amide bonds. The summed E-state index contributed by atoms with van der Waals surface area (Å²) in [5.41, 5.74) is 1.08. The van der Waals surface area contributed by atoms with Crippen LogP contribution in [0.15, 0.2) is 30.3 Å². The lowest BCUT2D eigenvalue weighted by Gasteiger charge is -2.01. The molecule has 13 heavy (non-hydrogen) atoms. The summed E-state index contributed by atoms with van der Waals surface area (Å²) in [5.74, 6) is -0.316. The van der Waals surface area contributed by atoms with Gasteiger partial charge in [0.2, 0.25) is 0 Å². The number of hydrogen-bond acceptors (Lipinski definition) is 1. The number of hydrogen-bond donors (Lipinski definition) is 0. The summed E-state index contributed by atoms with van der Waals surface area (Å²) >= 11 is 0. The lowest BCUT2D eigenvalue weighted by molar-refractivity contribution is -0.123. The van der Waals surface area contributed by atoms with Gasteiger partial charge in [0.25, 0.3) is 0 Å². The highest BCUT2D eigenvalue weighted by atomic mass is 19.1. The molecule has 2 heteroatoms. The van der Waals surface area contributed by atoms with Gasteiger partial charge < -0.3 is 0 Å². The Labute approximate surface area is 77.6 Å². The molecule has 0 saturated carbocycles. The molecule has 0 aliphatic heterocycles. The molecule has 0 aliphatic carbocycles. The Bertz CT molecular complexity index is 267. The Morgan fingerprint density at radius 1 is 1.38 bits per heavy atom. The second kappa shape index (κ2) is 4.75. The average Bonchev–Trinajstić information content (AvgIpc) is 2.15. The number of Topliss-reactive ketones (excluding diaryl/α,β-unsaturated/α-hetero) is 1. The van der Waals surface area contributed by atoms with Crippen molar-refractivity contribution in [3.8, 4) is 0 Å². The minimum Gasteiger partial charge on any atom is -0.296 e. The van der Waals surface area contributed by atoms with E-state index in [-0.39, 0.29) is 5.78 Å². The standard InChI is InChI=1S/C11H13FO/c1-9(12)11(13)8-7-10-5-3-2-4-6-10/h2-6,9H,7-8H2,1H3. The molecule has 1 aromatic rings. The summed E-state index contributed by atoms with van der Waals surface area (Å²) < 4.78 is 12.4. The van der Waals surface area contributed by atoms with Crippen LogP contribution in [0, 0.1) is 0 Å². The van der Waals surface area contributed by atoms with Crippen molar-refractivity contribution in [3.63, 3.8) is 0 Å². The zero-order valence-electron chi connectivity index (χ0n) is 7.66. The molecule has 1 atom stereocenters. The molecule has 1 aromatic carbocycles. The largest absolute Gasteiger partial charge is 0.296 e. The highest BCUT2D eigenvalue weighted by Gasteiger charge is 2.09. The number of benzene rings is 1. The van der Waals surface area contributed by atoms with E-state index in [0.29, 0.717) is 12.8 Å². The van der Waals surface area contributed by atoms with E-state index in [1.54, 1.807) is 0 Å². The predicted molar refractivity (Wildman–Crippen MR) is 50.3 cm³/mol. The van der Waals surface area contributed by atoms with Crippen molar-refractivity contribution in [3.05, 3.63) is 35.9 Å². The van der Waals surface area contributed by atoms with Crippen molar-refractivity contribution >= 4 is 5.78 Å². The highest BCUT2D eigenvalue weighted by Crippen LogP contribution is 2.05. The molecular weight excluding hydrogens is 167 g/mol. The van der Waals surface area contributed by atoms with Crippen LogP contribution < -0.4 is 0 Å².